The molecule has 1 aliphatic heterocycles. The molecular formula is C22H30N2. The van der Waals surface area contributed by atoms with Crippen molar-refractivity contribution in [3.05, 3.63) is 48.0 Å². The molecular weight excluding hydrogens is 292 g/mol. The van der Waals surface area contributed by atoms with Gasteiger partial charge in [0.05, 0.1) is 22.7 Å². The highest BCUT2D eigenvalue weighted by Gasteiger charge is 2.31. The van der Waals surface area contributed by atoms with Gasteiger partial charge >= 0.3 is 0 Å². The number of benzene rings is 2. The van der Waals surface area contributed by atoms with Crippen molar-refractivity contribution in [3.8, 4) is 0 Å². The third-order valence-electron chi connectivity index (χ3n) is 4.79. The highest BCUT2D eigenvalue weighted by Crippen LogP contribution is 2.50. The molecule has 0 saturated heterocycles. The zero-order valence-corrected chi connectivity index (χ0v) is 16.1. The Balaban J connectivity index is 2.28. The van der Waals surface area contributed by atoms with Gasteiger partial charge in [0.15, 0.2) is 0 Å². The van der Waals surface area contributed by atoms with E-state index in [0.717, 1.165) is 0 Å². The molecule has 0 amide bonds. The van der Waals surface area contributed by atoms with Crippen molar-refractivity contribution in [1.29, 1.82) is 0 Å². The number of para-hydroxylation sites is 2. The predicted octanol–water partition coefficient (Wildman–Crippen LogP) is 6.39. The van der Waals surface area contributed by atoms with Crippen LogP contribution in [0.15, 0.2) is 42.5 Å². The first-order valence-corrected chi connectivity index (χ1v) is 9.04. The first-order valence-electron chi connectivity index (χ1n) is 9.04. The van der Waals surface area contributed by atoms with Gasteiger partial charge < -0.3 is 9.80 Å². The van der Waals surface area contributed by atoms with Gasteiger partial charge in [-0.05, 0) is 62.9 Å². The maximum Gasteiger partial charge on any atom is 0.0658 e. The summed E-state index contributed by atoms with van der Waals surface area (Å²) in [6, 6.07) is 16.6. The third kappa shape index (κ3) is 2.68. The second-order valence-electron chi connectivity index (χ2n) is 8.37. The monoisotopic (exact) mass is 322 g/mol. The average Bonchev–Trinajstić information content (AvgIpc) is 2.50. The lowest BCUT2D eigenvalue weighted by Gasteiger charge is -2.44. The van der Waals surface area contributed by atoms with Gasteiger partial charge in [-0.25, -0.2) is 0 Å². The van der Waals surface area contributed by atoms with Gasteiger partial charge in [-0.3, -0.25) is 0 Å². The van der Waals surface area contributed by atoms with Crippen molar-refractivity contribution in [2.45, 2.75) is 66.0 Å². The molecule has 0 aliphatic carbocycles. The van der Waals surface area contributed by atoms with Crippen LogP contribution < -0.4 is 9.80 Å². The molecule has 0 aromatic heterocycles. The molecule has 0 bridgehead atoms. The summed E-state index contributed by atoms with van der Waals surface area (Å²) in [5, 5.41) is 0. The molecule has 24 heavy (non-hydrogen) atoms. The Morgan fingerprint density at radius 3 is 1.58 bits per heavy atom. The first-order chi connectivity index (χ1) is 11.2. The lowest BCUT2D eigenvalue weighted by molar-refractivity contribution is 0.589. The van der Waals surface area contributed by atoms with Gasteiger partial charge in [0.2, 0.25) is 0 Å². The van der Waals surface area contributed by atoms with Gasteiger partial charge in [0.25, 0.3) is 0 Å². The summed E-state index contributed by atoms with van der Waals surface area (Å²) < 4.78 is 0. The van der Waals surface area contributed by atoms with Gasteiger partial charge in [-0.15, -0.1) is 0 Å². The molecule has 128 valence electrons. The van der Waals surface area contributed by atoms with Crippen LogP contribution in [-0.4, -0.2) is 12.1 Å². The second kappa shape index (κ2) is 5.84. The normalized spacial score (nSPS) is 14.2. The minimum atomic E-state index is 0.150. The molecule has 1 aliphatic rings. The van der Waals surface area contributed by atoms with Gasteiger partial charge in [0, 0.05) is 12.1 Å². The van der Waals surface area contributed by atoms with Crippen molar-refractivity contribution in [3.63, 3.8) is 0 Å². The van der Waals surface area contributed by atoms with Gasteiger partial charge in [-0.1, -0.05) is 39.0 Å². The first kappa shape index (κ1) is 16.9. The fraction of sp³-hybridized carbons (Fsp3) is 0.455. The number of nitrogens with zero attached hydrogens (tertiary/aromatic N) is 2. The molecule has 0 unspecified atom stereocenters. The maximum atomic E-state index is 2.48. The topological polar surface area (TPSA) is 6.48 Å². The van der Waals surface area contributed by atoms with E-state index in [0.29, 0.717) is 12.1 Å². The van der Waals surface area contributed by atoms with E-state index in [2.05, 4.69) is 101 Å². The summed E-state index contributed by atoms with van der Waals surface area (Å²) in [5.41, 5.74) is 6.78. The Hall–Kier alpha value is -1.96. The Morgan fingerprint density at radius 2 is 1.12 bits per heavy atom. The summed E-state index contributed by atoms with van der Waals surface area (Å²) in [4.78, 5) is 4.95. The van der Waals surface area contributed by atoms with Crippen molar-refractivity contribution in [2.24, 2.45) is 0 Å². The molecule has 1 heterocycles. The van der Waals surface area contributed by atoms with E-state index in [1.165, 1.54) is 28.3 Å². The largest absolute Gasteiger partial charge is 0.336 e. The molecule has 3 rings (SSSR count). The van der Waals surface area contributed by atoms with Crippen LogP contribution in [0.5, 0.6) is 0 Å². The van der Waals surface area contributed by atoms with Crippen LogP contribution in [-0.2, 0) is 5.41 Å². The minimum Gasteiger partial charge on any atom is -0.336 e. The van der Waals surface area contributed by atoms with Crippen LogP contribution >= 0.6 is 0 Å². The lowest BCUT2D eigenvalue weighted by Crippen LogP contribution is -2.36. The summed E-state index contributed by atoms with van der Waals surface area (Å²) in [5.74, 6) is 0. The van der Waals surface area contributed by atoms with E-state index < -0.39 is 0 Å². The van der Waals surface area contributed by atoms with Crippen LogP contribution in [0.25, 0.3) is 0 Å². The summed E-state index contributed by atoms with van der Waals surface area (Å²) in [6.07, 6.45) is 0. The fourth-order valence-corrected chi connectivity index (χ4v) is 3.63. The number of rotatable bonds is 2. The Labute approximate surface area is 147 Å². The van der Waals surface area contributed by atoms with Crippen molar-refractivity contribution in [1.82, 2.24) is 0 Å². The van der Waals surface area contributed by atoms with Crippen LogP contribution in [0.4, 0.5) is 22.7 Å². The number of hydrogen-bond donors (Lipinski definition) is 0. The molecule has 0 fully saturated rings. The average molecular weight is 322 g/mol. The van der Waals surface area contributed by atoms with Gasteiger partial charge in [0.1, 0.15) is 0 Å². The quantitative estimate of drug-likeness (QED) is 0.632. The number of hydrogen-bond acceptors (Lipinski definition) is 2. The Kier molecular flexibility index (Phi) is 4.11. The van der Waals surface area contributed by atoms with Crippen LogP contribution in [0.2, 0.25) is 0 Å². The minimum absolute atomic E-state index is 0.150. The molecule has 0 N–H and O–H groups in total. The standard InChI is InChI=1S/C22H30N2/c1-15(2)23-18-10-8-9-11-19(18)24(16(3)4)21-14-17(22(5,6)7)12-13-20(21)23/h8-16H,1-7H3. The van der Waals surface area contributed by atoms with E-state index in [1.54, 1.807) is 0 Å². The second-order valence-corrected chi connectivity index (χ2v) is 8.37. The zero-order valence-electron chi connectivity index (χ0n) is 16.1. The summed E-state index contributed by atoms with van der Waals surface area (Å²) >= 11 is 0. The summed E-state index contributed by atoms with van der Waals surface area (Å²) in [7, 11) is 0. The highest BCUT2D eigenvalue weighted by atomic mass is 15.3. The van der Waals surface area contributed by atoms with Crippen LogP contribution in [0.3, 0.4) is 0 Å². The third-order valence-corrected chi connectivity index (χ3v) is 4.79. The summed E-state index contributed by atoms with van der Waals surface area (Å²) in [6.45, 7) is 15.9. The molecule has 2 aromatic rings. The zero-order chi connectivity index (χ0) is 17.6. The lowest BCUT2D eigenvalue weighted by atomic mass is 9.86. The highest BCUT2D eigenvalue weighted by molar-refractivity contribution is 5.94. The molecule has 0 spiro atoms. The Morgan fingerprint density at radius 1 is 0.667 bits per heavy atom. The number of fused-ring (bicyclic) bond motifs is 2. The Bertz CT molecular complexity index is 738. The maximum absolute atomic E-state index is 2.48. The molecule has 2 nitrogen and oxygen atoms in total. The van der Waals surface area contributed by atoms with Crippen molar-refractivity contribution < 1.29 is 0 Å². The van der Waals surface area contributed by atoms with E-state index in [-0.39, 0.29) is 5.41 Å². The smallest absolute Gasteiger partial charge is 0.0658 e. The molecule has 0 radical (unpaired) electrons. The predicted molar refractivity (Wildman–Crippen MR) is 106 cm³/mol. The molecule has 2 aromatic carbocycles. The van der Waals surface area contributed by atoms with Crippen molar-refractivity contribution in [2.75, 3.05) is 9.80 Å². The SMILES string of the molecule is CC(C)N1c2ccccc2N(C(C)C)c2cc(C(C)(C)C)ccc21. The molecule has 0 atom stereocenters. The van der Waals surface area contributed by atoms with Crippen LogP contribution in [0, 0.1) is 0 Å². The van der Waals surface area contributed by atoms with E-state index in [1.807, 2.05) is 0 Å². The van der Waals surface area contributed by atoms with Crippen molar-refractivity contribution >= 4 is 22.7 Å². The number of anilines is 4. The van der Waals surface area contributed by atoms with Crippen LogP contribution in [0.1, 0.15) is 54.0 Å². The molecule has 0 saturated carbocycles. The van der Waals surface area contributed by atoms with E-state index in [4.69, 9.17) is 0 Å². The molecule has 2 heteroatoms. The van der Waals surface area contributed by atoms with E-state index in [9.17, 15) is 0 Å². The fourth-order valence-electron chi connectivity index (χ4n) is 3.63. The van der Waals surface area contributed by atoms with Gasteiger partial charge in [-0.2, -0.15) is 0 Å². The van der Waals surface area contributed by atoms with E-state index >= 15 is 0 Å².